The Morgan fingerprint density at radius 1 is 0.795 bits per heavy atom. The molecule has 224 valence electrons. The quantitative estimate of drug-likeness (QED) is 0.242. The van der Waals surface area contributed by atoms with Gasteiger partial charge in [0.15, 0.2) is 0 Å². The SMILES string of the molecule is CC1=C2C[C@@H]3CC(Sc4ccccc4)=C/C(=N/S(=O)(=O)c4ccc(C)cc4)N3C[C@@H]2[C@@H]2C(=O)N(c3ccccc3)C(=O)[C@@H]2C1. The minimum atomic E-state index is -3.99. The van der Waals surface area contributed by atoms with Crippen LogP contribution < -0.4 is 4.90 Å². The molecule has 1 aliphatic carbocycles. The Morgan fingerprint density at radius 2 is 1.48 bits per heavy atom. The Hall–Kier alpha value is -3.95. The molecule has 3 heterocycles. The highest BCUT2D eigenvalue weighted by Gasteiger charge is 2.56. The number of fused-ring (bicyclic) bond motifs is 4. The molecule has 3 aliphatic heterocycles. The van der Waals surface area contributed by atoms with Gasteiger partial charge in [-0.3, -0.25) is 14.5 Å². The van der Waals surface area contributed by atoms with Crippen molar-refractivity contribution in [2.45, 2.75) is 48.9 Å². The Kier molecular flexibility index (Phi) is 7.33. The van der Waals surface area contributed by atoms with Gasteiger partial charge in [-0.2, -0.15) is 8.42 Å². The summed E-state index contributed by atoms with van der Waals surface area (Å²) < 4.78 is 31.6. The van der Waals surface area contributed by atoms with Crippen LogP contribution in [0, 0.1) is 24.7 Å². The highest BCUT2D eigenvalue weighted by Crippen LogP contribution is 2.51. The van der Waals surface area contributed by atoms with E-state index in [0.717, 1.165) is 21.8 Å². The maximum Gasteiger partial charge on any atom is 0.284 e. The number of imide groups is 1. The molecule has 0 saturated carbocycles. The first kappa shape index (κ1) is 28.8. The molecule has 0 bridgehead atoms. The first-order valence-electron chi connectivity index (χ1n) is 14.9. The summed E-state index contributed by atoms with van der Waals surface area (Å²) in [6.45, 7) is 4.44. The van der Waals surface area contributed by atoms with Crippen molar-refractivity contribution in [2.24, 2.45) is 22.2 Å². The number of nitrogens with zero attached hydrogens (tertiary/aromatic N) is 3. The van der Waals surface area contributed by atoms with Crippen LogP contribution in [0.15, 0.2) is 121 Å². The van der Waals surface area contributed by atoms with E-state index in [0.29, 0.717) is 30.9 Å². The molecule has 2 saturated heterocycles. The lowest BCUT2D eigenvalue weighted by atomic mass is 9.66. The Labute approximate surface area is 262 Å². The van der Waals surface area contributed by atoms with Gasteiger partial charge in [0.1, 0.15) is 5.84 Å². The molecule has 4 aliphatic rings. The number of aryl methyl sites for hydroxylation is 1. The highest BCUT2D eigenvalue weighted by atomic mass is 32.2. The predicted molar refractivity (Wildman–Crippen MR) is 173 cm³/mol. The number of hydrogen-bond acceptors (Lipinski definition) is 5. The van der Waals surface area contributed by atoms with E-state index in [-0.39, 0.29) is 28.7 Å². The highest BCUT2D eigenvalue weighted by molar-refractivity contribution is 8.03. The summed E-state index contributed by atoms with van der Waals surface area (Å²) in [5.74, 6) is -1.04. The number of carbonyl (C=O) groups is 2. The fraction of sp³-hybridized carbons (Fsp3) is 0.286. The van der Waals surface area contributed by atoms with E-state index < -0.39 is 21.9 Å². The molecule has 3 aromatic rings. The van der Waals surface area contributed by atoms with Crippen molar-refractivity contribution < 1.29 is 18.0 Å². The fourth-order valence-electron chi connectivity index (χ4n) is 7.17. The third-order valence-corrected chi connectivity index (χ3v) is 11.6. The second-order valence-corrected chi connectivity index (χ2v) is 14.9. The number of sulfonamides is 1. The third-order valence-electron chi connectivity index (χ3n) is 9.28. The monoisotopic (exact) mass is 623 g/mol. The molecule has 2 fully saturated rings. The van der Waals surface area contributed by atoms with E-state index in [1.165, 1.54) is 16.0 Å². The normalized spacial score (nSPS) is 26.0. The Morgan fingerprint density at radius 3 is 2.18 bits per heavy atom. The molecule has 7 rings (SSSR count). The van der Waals surface area contributed by atoms with Gasteiger partial charge >= 0.3 is 0 Å². The number of benzene rings is 3. The van der Waals surface area contributed by atoms with Crippen molar-refractivity contribution >= 4 is 45.1 Å². The lowest BCUT2D eigenvalue weighted by Gasteiger charge is -2.48. The molecule has 44 heavy (non-hydrogen) atoms. The summed E-state index contributed by atoms with van der Waals surface area (Å²) in [6.07, 6.45) is 3.90. The first-order chi connectivity index (χ1) is 21.2. The van der Waals surface area contributed by atoms with Gasteiger partial charge in [-0.1, -0.05) is 77.0 Å². The zero-order chi connectivity index (χ0) is 30.6. The van der Waals surface area contributed by atoms with Gasteiger partial charge in [-0.15, -0.1) is 4.40 Å². The number of allylic oxidation sites excluding steroid dienone is 1. The minimum Gasteiger partial charge on any atom is -0.352 e. The molecule has 0 N–H and O–H groups in total. The van der Waals surface area contributed by atoms with E-state index in [2.05, 4.69) is 16.2 Å². The molecular weight excluding hydrogens is 591 g/mol. The Bertz CT molecular complexity index is 1830. The van der Waals surface area contributed by atoms with Gasteiger partial charge in [0.25, 0.3) is 10.0 Å². The third kappa shape index (κ3) is 5.12. The average Bonchev–Trinajstić information content (AvgIpc) is 3.26. The van der Waals surface area contributed by atoms with Gasteiger partial charge in [-0.05, 0) is 80.5 Å². The second kappa shape index (κ2) is 11.2. The summed E-state index contributed by atoms with van der Waals surface area (Å²) in [4.78, 5) is 33.3. The number of anilines is 1. The van der Waals surface area contributed by atoms with Crippen LogP contribution in [0.5, 0.6) is 0 Å². The van der Waals surface area contributed by atoms with Crippen molar-refractivity contribution in [1.82, 2.24) is 4.90 Å². The van der Waals surface area contributed by atoms with Crippen LogP contribution in [0.1, 0.15) is 31.7 Å². The van der Waals surface area contributed by atoms with E-state index in [9.17, 15) is 18.0 Å². The summed E-state index contributed by atoms with van der Waals surface area (Å²) in [5, 5.41) is 0. The molecular formula is C35H33N3O4S2. The van der Waals surface area contributed by atoms with Crippen molar-refractivity contribution in [3.8, 4) is 0 Å². The van der Waals surface area contributed by atoms with Gasteiger partial charge in [0.2, 0.25) is 11.8 Å². The van der Waals surface area contributed by atoms with E-state index >= 15 is 0 Å². The second-order valence-electron chi connectivity index (χ2n) is 12.1. The zero-order valence-electron chi connectivity index (χ0n) is 24.6. The summed E-state index contributed by atoms with van der Waals surface area (Å²) in [6, 6.07) is 25.9. The number of carbonyl (C=O) groups excluding carboxylic acids is 2. The van der Waals surface area contributed by atoms with Gasteiger partial charge in [0, 0.05) is 23.4 Å². The molecule has 0 unspecified atom stereocenters. The van der Waals surface area contributed by atoms with Crippen molar-refractivity contribution in [2.75, 3.05) is 11.4 Å². The first-order valence-corrected chi connectivity index (χ1v) is 17.2. The molecule has 2 amide bonds. The lowest BCUT2D eigenvalue weighted by molar-refractivity contribution is -0.123. The van der Waals surface area contributed by atoms with Crippen LogP contribution in [-0.2, 0) is 19.6 Å². The smallest absolute Gasteiger partial charge is 0.284 e. The van der Waals surface area contributed by atoms with Crippen LogP contribution in [0.3, 0.4) is 0 Å². The maximum atomic E-state index is 14.0. The summed E-state index contributed by atoms with van der Waals surface area (Å²) in [5.41, 5.74) is 3.97. The van der Waals surface area contributed by atoms with Gasteiger partial charge < -0.3 is 4.90 Å². The predicted octanol–water partition coefficient (Wildman–Crippen LogP) is 6.38. The molecule has 0 aromatic heterocycles. The van der Waals surface area contributed by atoms with Crippen LogP contribution in [0.4, 0.5) is 5.69 Å². The molecule has 9 heteroatoms. The van der Waals surface area contributed by atoms with Crippen LogP contribution in [0.25, 0.3) is 0 Å². The van der Waals surface area contributed by atoms with E-state index in [4.69, 9.17) is 0 Å². The summed E-state index contributed by atoms with van der Waals surface area (Å²) in [7, 11) is -3.99. The minimum absolute atomic E-state index is 0.00615. The molecule has 7 nitrogen and oxygen atoms in total. The lowest BCUT2D eigenvalue weighted by Crippen LogP contribution is -2.53. The van der Waals surface area contributed by atoms with E-state index in [1.54, 1.807) is 48.2 Å². The number of hydrogen-bond donors (Lipinski definition) is 0. The number of thioether (sulfide) groups is 1. The maximum absolute atomic E-state index is 14.0. The number of rotatable bonds is 5. The number of piperidine rings is 1. The summed E-state index contributed by atoms with van der Waals surface area (Å²) >= 11 is 1.63. The van der Waals surface area contributed by atoms with Crippen LogP contribution >= 0.6 is 11.8 Å². The number of para-hydroxylation sites is 1. The topological polar surface area (TPSA) is 87.1 Å². The standard InChI is InChI=1S/C35H33N3O4S2/c1-22-13-15-28(16-14-22)44(41,42)36-32-20-27(43-26-11-7-4-8-12-26)18-25-19-29-23(2)17-30-33(31(29)21-37(25)32)35(40)38(34(30)39)24-9-5-3-6-10-24/h3-16,20,25,30-31,33H,17-19,21H2,1-2H3/b36-32-/t25-,30+,31-,33+/m0/s1. The van der Waals surface area contributed by atoms with Crippen molar-refractivity contribution in [3.63, 3.8) is 0 Å². The van der Waals surface area contributed by atoms with E-state index in [1.807, 2.05) is 61.5 Å². The molecule has 0 radical (unpaired) electrons. The molecule has 3 aromatic carbocycles. The fourth-order valence-corrected chi connectivity index (χ4v) is 9.20. The molecule has 4 atom stereocenters. The Balaban J connectivity index is 1.27. The van der Waals surface area contributed by atoms with Crippen molar-refractivity contribution in [3.05, 3.63) is 113 Å². The molecule has 0 spiro atoms. The number of amidine groups is 1. The van der Waals surface area contributed by atoms with Crippen LogP contribution in [-0.4, -0.2) is 43.6 Å². The zero-order valence-corrected chi connectivity index (χ0v) is 26.2. The van der Waals surface area contributed by atoms with Crippen LogP contribution in [0.2, 0.25) is 0 Å². The van der Waals surface area contributed by atoms with Crippen molar-refractivity contribution in [1.29, 1.82) is 0 Å². The number of amides is 2. The van der Waals surface area contributed by atoms with Gasteiger partial charge in [0.05, 0.1) is 22.4 Å². The largest absolute Gasteiger partial charge is 0.352 e. The average molecular weight is 624 g/mol. The van der Waals surface area contributed by atoms with Gasteiger partial charge in [-0.25, -0.2) is 0 Å².